The maximum atomic E-state index is 14.6. The number of halogens is 2. The van der Waals surface area contributed by atoms with Crippen LogP contribution in [0.1, 0.15) is 60.5 Å². The molecule has 6 rings (SSSR count). The summed E-state index contributed by atoms with van der Waals surface area (Å²) in [7, 11) is 0. The van der Waals surface area contributed by atoms with Crippen LogP contribution in [-0.4, -0.2) is 84.6 Å². The summed E-state index contributed by atoms with van der Waals surface area (Å²) in [5.41, 5.74) is 10.2. The monoisotopic (exact) mass is 739 g/mol. The molecule has 9 nitrogen and oxygen atoms in total. The van der Waals surface area contributed by atoms with Crippen LogP contribution in [0.2, 0.25) is 5.02 Å². The third kappa shape index (κ3) is 10.6. The molecule has 0 saturated carbocycles. The molecule has 2 fully saturated rings. The highest BCUT2D eigenvalue weighted by Crippen LogP contribution is 2.29. The normalized spacial score (nSPS) is 19.2. The lowest BCUT2D eigenvalue weighted by Crippen LogP contribution is -2.47. The summed E-state index contributed by atoms with van der Waals surface area (Å²) in [6, 6.07) is 15.0. The van der Waals surface area contributed by atoms with E-state index in [9.17, 15) is 9.18 Å². The van der Waals surface area contributed by atoms with E-state index in [1.165, 1.54) is 12.3 Å². The number of benzene rings is 2. The standard InChI is InChI=1S/C42H51ClFN7O2/c1-2-32(5-3-17-45)38-24-33(9-11-40(38)44)42(52)49-36-15-21-51(22-16-36)41-12-8-31(25-47-41)27-50-19-13-35(14-20-50)48-29-53-28-30-7-10-39(43)37(23-30)34-6-4-18-46-26-34/h3-12,17-18,23-24,26,31,35-36,48H,2,13-16,19-22,25,27-29,45H2,1H3,(H,49,52)/b17-3-,32-5+. The molecule has 0 aliphatic carbocycles. The number of aliphatic imine (C=N–C) groups is 1. The molecule has 53 heavy (non-hydrogen) atoms. The highest BCUT2D eigenvalue weighted by Gasteiger charge is 2.26. The minimum absolute atomic E-state index is 0.0630. The maximum absolute atomic E-state index is 14.6. The second-order valence-corrected chi connectivity index (χ2v) is 14.4. The summed E-state index contributed by atoms with van der Waals surface area (Å²) >= 11 is 6.44. The largest absolute Gasteiger partial charge is 0.405 e. The van der Waals surface area contributed by atoms with Crippen molar-refractivity contribution in [1.82, 2.24) is 25.4 Å². The van der Waals surface area contributed by atoms with Gasteiger partial charge in [0.2, 0.25) is 0 Å². The molecule has 1 atom stereocenters. The van der Waals surface area contributed by atoms with Gasteiger partial charge < -0.3 is 25.6 Å². The molecule has 2 saturated heterocycles. The maximum Gasteiger partial charge on any atom is 0.251 e. The fourth-order valence-corrected chi connectivity index (χ4v) is 7.50. The van der Waals surface area contributed by atoms with Crippen LogP contribution in [-0.2, 0) is 11.3 Å². The van der Waals surface area contributed by atoms with Gasteiger partial charge in [-0.3, -0.25) is 20.1 Å². The number of carbonyl (C=O) groups is 1. The molecule has 1 amide bonds. The average Bonchev–Trinajstić information content (AvgIpc) is 3.19. The van der Waals surface area contributed by atoms with Crippen molar-refractivity contribution < 1.29 is 13.9 Å². The van der Waals surface area contributed by atoms with Gasteiger partial charge in [0, 0.05) is 83.9 Å². The molecule has 1 aromatic heterocycles. The smallest absolute Gasteiger partial charge is 0.251 e. The molecule has 2 aromatic carbocycles. The fraction of sp³-hybridized carbons (Fsp3) is 0.405. The predicted octanol–water partition coefficient (Wildman–Crippen LogP) is 6.81. The van der Waals surface area contributed by atoms with Crippen molar-refractivity contribution in [3.05, 3.63) is 119 Å². The van der Waals surface area contributed by atoms with Crippen molar-refractivity contribution in [2.45, 2.75) is 57.7 Å². The van der Waals surface area contributed by atoms with E-state index in [4.69, 9.17) is 27.1 Å². The van der Waals surface area contributed by atoms with Crippen LogP contribution >= 0.6 is 11.6 Å². The molecule has 280 valence electrons. The second-order valence-electron chi connectivity index (χ2n) is 14.0. The van der Waals surface area contributed by atoms with Gasteiger partial charge in [0.05, 0.1) is 13.3 Å². The van der Waals surface area contributed by atoms with E-state index in [-0.39, 0.29) is 17.8 Å². The number of hydrogen-bond acceptors (Lipinski definition) is 8. The van der Waals surface area contributed by atoms with Crippen molar-refractivity contribution in [3.8, 4) is 11.1 Å². The third-order valence-corrected chi connectivity index (χ3v) is 10.7. The van der Waals surface area contributed by atoms with Crippen LogP contribution < -0.4 is 16.4 Å². The average molecular weight is 740 g/mol. The van der Waals surface area contributed by atoms with Crippen molar-refractivity contribution in [2.24, 2.45) is 16.6 Å². The SMILES string of the molecule is CC/C(=C\C=C/N)c1cc(C(=O)NC2CCN(C3=NCC(CN4CCC(NCOCc5ccc(Cl)c(-c6cccnc6)c5)CC4)C=C3)CC2)ccc1F. The van der Waals surface area contributed by atoms with Crippen LogP contribution in [0.25, 0.3) is 16.7 Å². The van der Waals surface area contributed by atoms with Gasteiger partial charge in [-0.15, -0.1) is 0 Å². The molecule has 3 aliphatic heterocycles. The summed E-state index contributed by atoms with van der Waals surface area (Å²) in [5.74, 6) is 0.925. The Morgan fingerprint density at radius 2 is 1.89 bits per heavy atom. The molecule has 3 aromatic rings. The zero-order valence-corrected chi connectivity index (χ0v) is 31.3. The number of allylic oxidation sites excluding steroid dienone is 3. The number of aromatic nitrogens is 1. The van der Waals surface area contributed by atoms with Crippen LogP contribution in [0.3, 0.4) is 0 Å². The summed E-state index contributed by atoms with van der Waals surface area (Å²) in [5, 5.41) is 7.46. The van der Waals surface area contributed by atoms with Gasteiger partial charge in [0.15, 0.2) is 0 Å². The highest BCUT2D eigenvalue weighted by molar-refractivity contribution is 6.33. The number of nitrogens with one attached hydrogen (secondary N) is 2. The Kier molecular flexibility index (Phi) is 13.8. The molecule has 4 N–H and O–H groups in total. The first-order valence-corrected chi connectivity index (χ1v) is 19.2. The number of dihydropyridines is 1. The lowest BCUT2D eigenvalue weighted by Gasteiger charge is -2.36. The van der Waals surface area contributed by atoms with Gasteiger partial charge in [0.25, 0.3) is 5.91 Å². The summed E-state index contributed by atoms with van der Waals surface area (Å²) in [4.78, 5) is 27.2. The molecule has 3 aliphatic rings. The molecule has 0 spiro atoms. The van der Waals surface area contributed by atoms with E-state index in [0.29, 0.717) is 47.9 Å². The van der Waals surface area contributed by atoms with Gasteiger partial charge in [-0.05, 0) is 111 Å². The number of carbonyl (C=O) groups excluding carboxylic acids is 1. The first-order chi connectivity index (χ1) is 25.9. The Bertz CT molecular complexity index is 1800. The van der Waals surface area contributed by atoms with Crippen LogP contribution in [0.15, 0.2) is 96.4 Å². The Hall–Kier alpha value is -4.35. The first-order valence-electron chi connectivity index (χ1n) is 18.8. The molecule has 0 radical (unpaired) electrons. The Balaban J connectivity index is 0.868. The van der Waals surface area contributed by atoms with Gasteiger partial charge >= 0.3 is 0 Å². The Morgan fingerprint density at radius 3 is 2.60 bits per heavy atom. The van der Waals surface area contributed by atoms with Crippen LogP contribution in [0, 0.1) is 11.7 Å². The number of nitrogens with zero attached hydrogens (tertiary/aromatic N) is 4. The summed E-state index contributed by atoms with van der Waals surface area (Å²) in [6.45, 7) is 8.59. The van der Waals surface area contributed by atoms with E-state index in [1.54, 1.807) is 30.5 Å². The minimum atomic E-state index is -0.348. The highest BCUT2D eigenvalue weighted by atomic mass is 35.5. The summed E-state index contributed by atoms with van der Waals surface area (Å²) in [6.07, 6.45) is 17.4. The number of piperidine rings is 2. The van der Waals surface area contributed by atoms with Crippen LogP contribution in [0.4, 0.5) is 4.39 Å². The van der Waals surface area contributed by atoms with E-state index < -0.39 is 0 Å². The minimum Gasteiger partial charge on any atom is -0.405 e. The van der Waals surface area contributed by atoms with Gasteiger partial charge in [0.1, 0.15) is 11.7 Å². The predicted molar refractivity (Wildman–Crippen MR) is 212 cm³/mol. The van der Waals surface area contributed by atoms with Crippen LogP contribution in [0.5, 0.6) is 0 Å². The third-order valence-electron chi connectivity index (χ3n) is 10.3. The summed E-state index contributed by atoms with van der Waals surface area (Å²) < 4.78 is 20.6. The zero-order chi connectivity index (χ0) is 37.0. The number of ether oxygens (including phenoxy) is 1. The molecule has 4 heterocycles. The lowest BCUT2D eigenvalue weighted by molar-refractivity contribution is 0.0827. The number of nitrogens with two attached hydrogens (primary N) is 1. The first kappa shape index (κ1) is 38.4. The molecule has 11 heteroatoms. The Labute approximate surface area is 317 Å². The van der Waals surface area contributed by atoms with Crippen molar-refractivity contribution in [3.63, 3.8) is 0 Å². The van der Waals surface area contributed by atoms with E-state index in [1.807, 2.05) is 37.4 Å². The fourth-order valence-electron chi connectivity index (χ4n) is 7.28. The zero-order valence-electron chi connectivity index (χ0n) is 30.5. The quantitative estimate of drug-likeness (QED) is 0.100. The van der Waals surface area contributed by atoms with Crippen molar-refractivity contribution in [1.29, 1.82) is 0 Å². The van der Waals surface area contributed by atoms with E-state index in [0.717, 1.165) is 93.1 Å². The lowest BCUT2D eigenvalue weighted by atomic mass is 9.98. The van der Waals surface area contributed by atoms with Gasteiger partial charge in [-0.1, -0.05) is 42.8 Å². The number of likely N-dealkylation sites (tertiary alicyclic amines) is 2. The number of hydrogen-bond donors (Lipinski definition) is 3. The number of amides is 1. The van der Waals surface area contributed by atoms with E-state index in [2.05, 4.69) is 43.6 Å². The number of pyridine rings is 1. The Morgan fingerprint density at radius 1 is 1.08 bits per heavy atom. The topological polar surface area (TPSA) is 108 Å². The van der Waals surface area contributed by atoms with Gasteiger partial charge in [-0.25, -0.2) is 4.39 Å². The molecular formula is C42H51ClFN7O2. The molecule has 0 bridgehead atoms. The van der Waals surface area contributed by atoms with Crippen molar-refractivity contribution in [2.75, 3.05) is 46.0 Å². The van der Waals surface area contributed by atoms with E-state index >= 15 is 0 Å². The molecule has 1 unspecified atom stereocenters. The number of amidine groups is 1. The van der Waals surface area contributed by atoms with Gasteiger partial charge in [-0.2, -0.15) is 0 Å². The molecular weight excluding hydrogens is 689 g/mol. The van der Waals surface area contributed by atoms with Crippen molar-refractivity contribution >= 4 is 28.9 Å². The number of rotatable bonds is 13. The second kappa shape index (κ2) is 19.1.